The predicted molar refractivity (Wildman–Crippen MR) is 134 cm³/mol. The number of methoxy groups -OCH3 is 1. The van der Waals surface area contributed by atoms with Gasteiger partial charge in [-0.3, -0.25) is 9.59 Å². The Labute approximate surface area is 206 Å². The van der Waals surface area contributed by atoms with Crippen molar-refractivity contribution < 1.29 is 14.3 Å². The Morgan fingerprint density at radius 1 is 1.00 bits per heavy atom. The van der Waals surface area contributed by atoms with E-state index in [1.807, 2.05) is 99.6 Å². The van der Waals surface area contributed by atoms with Crippen molar-refractivity contribution in [1.82, 2.24) is 0 Å². The van der Waals surface area contributed by atoms with E-state index in [2.05, 4.69) is 6.07 Å². The van der Waals surface area contributed by atoms with Gasteiger partial charge in [-0.15, -0.1) is 0 Å². The van der Waals surface area contributed by atoms with Crippen LogP contribution in [-0.2, 0) is 21.5 Å². The van der Waals surface area contributed by atoms with Crippen LogP contribution in [0.3, 0.4) is 0 Å². The van der Waals surface area contributed by atoms with Gasteiger partial charge in [-0.05, 0) is 34.9 Å². The maximum Gasteiger partial charge on any atom is 0.240 e. The summed E-state index contributed by atoms with van der Waals surface area (Å²) in [7, 11) is 1.59. The number of para-hydroxylation sites is 1. The van der Waals surface area contributed by atoms with E-state index in [0.717, 1.165) is 22.4 Å². The molecule has 0 saturated heterocycles. The molecular weight excluding hydrogens is 436 g/mol. The third kappa shape index (κ3) is 2.99. The van der Waals surface area contributed by atoms with E-state index >= 15 is 0 Å². The maximum atomic E-state index is 14.5. The minimum atomic E-state index is -1.50. The molecule has 0 unspecified atom stereocenters. The molecule has 0 aromatic heterocycles. The summed E-state index contributed by atoms with van der Waals surface area (Å²) in [4.78, 5) is 30.3. The van der Waals surface area contributed by atoms with E-state index in [0.29, 0.717) is 12.3 Å². The standard InChI is InChI=1S/C30H28N2O3/c1-28(2,3)26(33)29(19-31)25(21-14-16-22(35-4)17-15-21)30(29)23-12-8-9-13-24(23)32(27(30)34)18-20-10-6-5-7-11-20/h5-17,25H,18H2,1-4H3/t25-,29+,30-/m0/s1. The first kappa shape index (κ1) is 22.9. The van der Waals surface area contributed by atoms with Crippen LogP contribution in [0.25, 0.3) is 0 Å². The zero-order valence-corrected chi connectivity index (χ0v) is 20.4. The van der Waals surface area contributed by atoms with Crippen LogP contribution < -0.4 is 9.64 Å². The van der Waals surface area contributed by atoms with Crippen molar-refractivity contribution in [2.75, 3.05) is 12.0 Å². The number of rotatable bonds is 5. The third-order valence-corrected chi connectivity index (χ3v) is 7.46. The number of hydrogen-bond acceptors (Lipinski definition) is 4. The second-order valence-corrected chi connectivity index (χ2v) is 10.4. The number of carbonyl (C=O) groups is 2. The van der Waals surface area contributed by atoms with E-state index in [-0.39, 0.29) is 11.7 Å². The molecule has 176 valence electrons. The molecule has 1 aliphatic carbocycles. The van der Waals surface area contributed by atoms with Crippen LogP contribution in [0.15, 0.2) is 78.9 Å². The fraction of sp³-hybridized carbons (Fsp3) is 0.300. The number of nitrogens with zero attached hydrogens (tertiary/aromatic N) is 2. The molecule has 2 aliphatic rings. The van der Waals surface area contributed by atoms with Gasteiger partial charge in [0, 0.05) is 17.0 Å². The Morgan fingerprint density at radius 3 is 2.23 bits per heavy atom. The Kier molecular flexibility index (Phi) is 5.10. The molecule has 1 fully saturated rings. The summed E-state index contributed by atoms with van der Waals surface area (Å²) in [5.74, 6) is -0.315. The quantitative estimate of drug-likeness (QED) is 0.507. The van der Waals surface area contributed by atoms with Gasteiger partial charge in [0.25, 0.3) is 0 Å². The molecule has 5 rings (SSSR count). The van der Waals surface area contributed by atoms with Crippen LogP contribution in [0, 0.1) is 22.2 Å². The van der Waals surface area contributed by atoms with Gasteiger partial charge < -0.3 is 9.64 Å². The molecule has 0 N–H and O–H groups in total. The van der Waals surface area contributed by atoms with Crippen molar-refractivity contribution in [3.8, 4) is 11.8 Å². The maximum absolute atomic E-state index is 14.5. The van der Waals surface area contributed by atoms with Gasteiger partial charge in [-0.25, -0.2) is 0 Å². The van der Waals surface area contributed by atoms with Gasteiger partial charge in [0.15, 0.2) is 5.78 Å². The molecule has 1 amide bonds. The highest BCUT2D eigenvalue weighted by molar-refractivity contribution is 6.19. The molecule has 1 spiro atoms. The number of carbonyl (C=O) groups excluding carboxylic acids is 2. The van der Waals surface area contributed by atoms with E-state index in [1.165, 1.54) is 0 Å². The van der Waals surface area contributed by atoms with Crippen LogP contribution >= 0.6 is 0 Å². The molecule has 1 aliphatic heterocycles. The zero-order valence-electron chi connectivity index (χ0n) is 20.4. The van der Waals surface area contributed by atoms with Crippen molar-refractivity contribution in [1.29, 1.82) is 5.26 Å². The van der Waals surface area contributed by atoms with Crippen LogP contribution in [0.5, 0.6) is 5.75 Å². The van der Waals surface area contributed by atoms with Crippen molar-refractivity contribution in [2.24, 2.45) is 10.8 Å². The Morgan fingerprint density at radius 2 is 1.63 bits per heavy atom. The number of ketones is 1. The van der Waals surface area contributed by atoms with Crippen molar-refractivity contribution in [3.63, 3.8) is 0 Å². The predicted octanol–water partition coefficient (Wildman–Crippen LogP) is 5.40. The highest BCUT2D eigenvalue weighted by Gasteiger charge is 2.88. The second kappa shape index (κ2) is 7.81. The number of benzene rings is 3. The van der Waals surface area contributed by atoms with Gasteiger partial charge in [-0.2, -0.15) is 5.26 Å². The van der Waals surface area contributed by atoms with E-state index < -0.39 is 22.2 Å². The first-order valence-corrected chi connectivity index (χ1v) is 11.8. The largest absolute Gasteiger partial charge is 0.497 e. The summed E-state index contributed by atoms with van der Waals surface area (Å²) in [6.07, 6.45) is 0. The van der Waals surface area contributed by atoms with Crippen LogP contribution in [0.1, 0.15) is 43.4 Å². The number of ether oxygens (including phenoxy) is 1. The monoisotopic (exact) mass is 464 g/mol. The van der Waals surface area contributed by atoms with Crippen molar-refractivity contribution >= 4 is 17.4 Å². The number of nitriles is 1. The Hall–Kier alpha value is -3.91. The first-order valence-electron chi connectivity index (χ1n) is 11.8. The number of fused-ring (bicyclic) bond motifs is 2. The van der Waals surface area contributed by atoms with Gasteiger partial charge in [0.05, 0.1) is 19.7 Å². The molecular formula is C30H28N2O3. The SMILES string of the molecule is COc1ccc([C@H]2[C@](C#N)(C(=O)C(C)(C)C)[C@]23C(=O)N(Cc2ccccc2)c2ccccc23)cc1. The highest BCUT2D eigenvalue weighted by Crippen LogP contribution is 2.79. The molecule has 5 nitrogen and oxygen atoms in total. The van der Waals surface area contributed by atoms with Gasteiger partial charge in [0.2, 0.25) is 5.91 Å². The summed E-state index contributed by atoms with van der Waals surface area (Å²) < 4.78 is 5.32. The Bertz CT molecular complexity index is 1350. The average molecular weight is 465 g/mol. The number of amides is 1. The van der Waals surface area contributed by atoms with E-state index in [9.17, 15) is 14.9 Å². The summed E-state index contributed by atoms with van der Waals surface area (Å²) in [6.45, 7) is 5.83. The number of hydrogen-bond donors (Lipinski definition) is 0. The highest BCUT2D eigenvalue weighted by atomic mass is 16.5. The number of Topliss-reactive ketones (excluding diaryl/α,β-unsaturated/α-hetero) is 1. The molecule has 35 heavy (non-hydrogen) atoms. The smallest absolute Gasteiger partial charge is 0.240 e. The fourth-order valence-electron chi connectivity index (χ4n) is 5.94. The minimum absolute atomic E-state index is 0.192. The van der Waals surface area contributed by atoms with E-state index in [4.69, 9.17) is 4.74 Å². The molecule has 0 bridgehead atoms. The summed E-state index contributed by atoms with van der Waals surface area (Å²) in [5.41, 5.74) is -0.287. The van der Waals surface area contributed by atoms with Gasteiger partial charge in [-0.1, -0.05) is 81.4 Å². The van der Waals surface area contributed by atoms with Crippen LogP contribution in [0.4, 0.5) is 5.69 Å². The molecule has 3 atom stereocenters. The lowest BCUT2D eigenvalue weighted by atomic mass is 9.75. The van der Waals surface area contributed by atoms with E-state index in [1.54, 1.807) is 12.0 Å². The van der Waals surface area contributed by atoms with Crippen LogP contribution in [-0.4, -0.2) is 18.8 Å². The van der Waals surface area contributed by atoms with Crippen LogP contribution in [0.2, 0.25) is 0 Å². The van der Waals surface area contributed by atoms with Gasteiger partial charge >= 0.3 is 0 Å². The van der Waals surface area contributed by atoms with Crippen molar-refractivity contribution in [2.45, 2.75) is 38.6 Å². The third-order valence-electron chi connectivity index (χ3n) is 7.46. The molecule has 0 radical (unpaired) electrons. The second-order valence-electron chi connectivity index (χ2n) is 10.4. The van der Waals surface area contributed by atoms with Crippen molar-refractivity contribution in [3.05, 3.63) is 95.6 Å². The lowest BCUT2D eigenvalue weighted by Crippen LogP contribution is -2.40. The topological polar surface area (TPSA) is 70.4 Å². The molecule has 1 heterocycles. The summed E-state index contributed by atoms with van der Waals surface area (Å²) in [5, 5.41) is 10.7. The lowest BCUT2D eigenvalue weighted by Gasteiger charge is -2.23. The zero-order chi connectivity index (χ0) is 25.0. The van der Waals surface area contributed by atoms with Gasteiger partial charge in [0.1, 0.15) is 16.6 Å². The molecule has 3 aromatic rings. The number of anilines is 1. The first-order chi connectivity index (χ1) is 16.7. The molecule has 5 heteroatoms. The Balaban J connectivity index is 1.73. The molecule has 3 aromatic carbocycles. The summed E-state index contributed by atoms with van der Waals surface area (Å²) in [6, 6.07) is 27.2. The molecule has 1 saturated carbocycles. The normalized spacial score (nSPS) is 24.7. The lowest BCUT2D eigenvalue weighted by molar-refractivity contribution is -0.132. The minimum Gasteiger partial charge on any atom is -0.497 e. The fourth-order valence-corrected chi connectivity index (χ4v) is 5.94. The average Bonchev–Trinajstić information content (AvgIpc) is 3.43. The summed E-state index contributed by atoms with van der Waals surface area (Å²) >= 11 is 0.